The maximum absolute atomic E-state index is 14.4. The second kappa shape index (κ2) is 14.5. The molecular formula is C33H39N5O7S. The molecule has 12 nitrogen and oxygen atoms in total. The smallest absolute Gasteiger partial charge is 0.289 e. The van der Waals surface area contributed by atoms with E-state index in [2.05, 4.69) is 15.3 Å². The van der Waals surface area contributed by atoms with Gasteiger partial charge in [-0.3, -0.25) is 19.9 Å². The first kappa shape index (κ1) is 33.2. The third-order valence-electron chi connectivity index (χ3n) is 8.35. The van der Waals surface area contributed by atoms with Gasteiger partial charge in [0, 0.05) is 55.7 Å². The van der Waals surface area contributed by atoms with Crippen LogP contribution in [-0.4, -0.2) is 60.1 Å². The van der Waals surface area contributed by atoms with Crippen LogP contribution in [0.15, 0.2) is 64.0 Å². The number of nitro benzene ring substituents is 1. The van der Waals surface area contributed by atoms with Crippen LogP contribution in [0.3, 0.4) is 0 Å². The number of benzene rings is 2. The molecule has 1 aliphatic heterocycles. The number of nitro groups is 1. The number of ketones is 1. The number of rotatable bonds is 16. The van der Waals surface area contributed by atoms with Gasteiger partial charge in [-0.2, -0.15) is 4.31 Å². The summed E-state index contributed by atoms with van der Waals surface area (Å²) in [4.78, 5) is 31.9. The summed E-state index contributed by atoms with van der Waals surface area (Å²) in [5.74, 6) is 1.28. The van der Waals surface area contributed by atoms with Crippen LogP contribution >= 0.6 is 0 Å². The maximum atomic E-state index is 14.4. The molecule has 0 amide bonds. The van der Waals surface area contributed by atoms with Crippen LogP contribution in [0.1, 0.15) is 63.1 Å². The molecule has 0 aliphatic carbocycles. The highest BCUT2D eigenvalue weighted by Crippen LogP contribution is 2.39. The minimum atomic E-state index is -4.38. The molecule has 4 aromatic rings. The normalized spacial score (nSPS) is 14.3. The van der Waals surface area contributed by atoms with E-state index in [1.807, 2.05) is 38.1 Å². The maximum Gasteiger partial charge on any atom is 0.289 e. The Bertz CT molecular complexity index is 1820. The van der Waals surface area contributed by atoms with Crippen LogP contribution in [-0.2, 0) is 14.8 Å². The van der Waals surface area contributed by atoms with Crippen molar-refractivity contribution in [1.82, 2.24) is 19.6 Å². The zero-order chi connectivity index (χ0) is 32.8. The lowest BCUT2D eigenvalue weighted by Crippen LogP contribution is -2.50. The number of Topliss-reactive ketones (excluding diaryl/α,β-unsaturated/α-hetero) is 1. The van der Waals surface area contributed by atoms with Crippen LogP contribution in [0.4, 0.5) is 5.69 Å². The van der Waals surface area contributed by atoms with Crippen molar-refractivity contribution in [3.05, 3.63) is 76.4 Å². The Kier molecular flexibility index (Phi) is 10.4. The summed E-state index contributed by atoms with van der Waals surface area (Å²) in [5, 5.41) is 16.0. The number of carbonyl (C=O) groups is 1. The minimum absolute atomic E-state index is 0.00758. The van der Waals surface area contributed by atoms with Crippen molar-refractivity contribution in [3.8, 4) is 17.1 Å². The summed E-state index contributed by atoms with van der Waals surface area (Å²) in [6.07, 6.45) is 4.81. The first-order valence-electron chi connectivity index (χ1n) is 15.5. The number of nitrogens with one attached hydrogen (secondary N) is 1. The summed E-state index contributed by atoms with van der Waals surface area (Å²) >= 11 is 0. The number of hydrogen-bond donors (Lipinski definition) is 1. The van der Waals surface area contributed by atoms with Gasteiger partial charge in [0.05, 0.1) is 29.3 Å². The van der Waals surface area contributed by atoms with Crippen molar-refractivity contribution in [3.63, 3.8) is 0 Å². The molecule has 13 heteroatoms. The topological polar surface area (TPSA) is 158 Å². The fourth-order valence-electron chi connectivity index (χ4n) is 5.66. The first-order valence-corrected chi connectivity index (χ1v) is 17.0. The Morgan fingerprint density at radius 2 is 1.96 bits per heavy atom. The Balaban J connectivity index is 1.56. The van der Waals surface area contributed by atoms with Gasteiger partial charge in [-0.15, -0.1) is 0 Å². The summed E-state index contributed by atoms with van der Waals surface area (Å²) in [5.41, 5.74) is 1.77. The van der Waals surface area contributed by atoms with Crippen molar-refractivity contribution in [1.29, 1.82) is 0 Å². The average molecular weight is 650 g/mol. The molecule has 1 saturated heterocycles. The zero-order valence-electron chi connectivity index (χ0n) is 26.3. The largest absolute Gasteiger partial charge is 0.496 e. The number of para-hydroxylation sites is 1. The van der Waals surface area contributed by atoms with Gasteiger partial charge < -0.3 is 14.5 Å². The standard InChI is InChI=1S/C33H39N5O7S/c1-4-25(39)10-6-5-7-12-29(37(21-23-18-34-19-23)46(42,43)32-13-9-8-11-28(32)38(40)41)33-35-20-31(45-33)26-16-24-15-14-22(2)36-27(24)17-30(26)44-3/h8-9,11,13-17,20,23,29,34H,4-7,10,12,18-19,21H2,1-3H3. The summed E-state index contributed by atoms with van der Waals surface area (Å²) < 4.78 is 42.1. The fourth-order valence-corrected chi connectivity index (χ4v) is 7.51. The van der Waals surface area contributed by atoms with Gasteiger partial charge in [-0.25, -0.2) is 13.4 Å². The molecule has 1 N–H and O–H groups in total. The Labute approximate surface area is 268 Å². The van der Waals surface area contributed by atoms with E-state index in [1.54, 1.807) is 13.3 Å². The molecule has 1 fully saturated rings. The molecule has 1 atom stereocenters. The Morgan fingerprint density at radius 1 is 1.17 bits per heavy atom. The van der Waals surface area contributed by atoms with Gasteiger partial charge in [0.25, 0.3) is 15.7 Å². The zero-order valence-corrected chi connectivity index (χ0v) is 27.1. The molecule has 0 bridgehead atoms. The number of sulfonamides is 1. The number of oxazole rings is 1. The average Bonchev–Trinajstić information content (AvgIpc) is 3.51. The molecular weight excluding hydrogens is 610 g/mol. The number of pyridine rings is 1. The second-order valence-corrected chi connectivity index (χ2v) is 13.5. The van der Waals surface area contributed by atoms with Gasteiger partial charge in [0.1, 0.15) is 17.6 Å². The highest BCUT2D eigenvalue weighted by molar-refractivity contribution is 7.89. The molecule has 2 aromatic carbocycles. The molecule has 1 unspecified atom stereocenters. The minimum Gasteiger partial charge on any atom is -0.496 e. The van der Waals surface area contributed by atoms with Crippen molar-refractivity contribution >= 4 is 32.4 Å². The van der Waals surface area contributed by atoms with Gasteiger partial charge in [0.15, 0.2) is 10.7 Å². The highest BCUT2D eigenvalue weighted by Gasteiger charge is 2.40. The number of hydrogen-bond acceptors (Lipinski definition) is 10. The van der Waals surface area contributed by atoms with Crippen LogP contribution in [0, 0.1) is 23.0 Å². The molecule has 2 aromatic heterocycles. The van der Waals surface area contributed by atoms with E-state index >= 15 is 0 Å². The molecule has 0 radical (unpaired) electrons. The lowest BCUT2D eigenvalue weighted by Gasteiger charge is -2.35. The third kappa shape index (κ3) is 7.27. The van der Waals surface area contributed by atoms with Crippen molar-refractivity contribution in [2.24, 2.45) is 5.92 Å². The molecule has 0 saturated carbocycles. The Hall–Kier alpha value is -4.20. The predicted molar refractivity (Wildman–Crippen MR) is 173 cm³/mol. The number of aryl methyl sites for hydroxylation is 1. The van der Waals surface area contributed by atoms with E-state index in [0.29, 0.717) is 68.7 Å². The first-order chi connectivity index (χ1) is 22.1. The van der Waals surface area contributed by atoms with E-state index < -0.39 is 26.7 Å². The van der Waals surface area contributed by atoms with Crippen LogP contribution in [0.25, 0.3) is 22.2 Å². The van der Waals surface area contributed by atoms with E-state index in [0.717, 1.165) is 16.6 Å². The predicted octanol–water partition coefficient (Wildman–Crippen LogP) is 6.00. The molecule has 5 rings (SSSR count). The SMILES string of the molecule is CCC(=O)CCCCCC(c1ncc(-c2cc3ccc(C)nc3cc2OC)o1)N(CC1CNC1)S(=O)(=O)c1ccccc1[N+](=O)[O-]. The van der Waals surface area contributed by atoms with E-state index in [1.165, 1.54) is 28.6 Å². The summed E-state index contributed by atoms with van der Waals surface area (Å²) in [6, 6.07) is 12.1. The van der Waals surface area contributed by atoms with E-state index in [9.17, 15) is 23.3 Å². The van der Waals surface area contributed by atoms with Crippen molar-refractivity contribution in [2.45, 2.75) is 63.3 Å². The molecule has 244 valence electrons. The number of unbranched alkanes of at least 4 members (excludes halogenated alkanes) is 2. The van der Waals surface area contributed by atoms with Gasteiger partial charge in [-0.05, 0) is 43.9 Å². The van der Waals surface area contributed by atoms with Gasteiger partial charge in [-0.1, -0.05) is 38.0 Å². The highest BCUT2D eigenvalue weighted by atomic mass is 32.2. The molecule has 3 heterocycles. The van der Waals surface area contributed by atoms with Crippen molar-refractivity contribution in [2.75, 3.05) is 26.7 Å². The monoisotopic (exact) mass is 649 g/mol. The number of nitrogens with zero attached hydrogens (tertiary/aromatic N) is 4. The lowest BCUT2D eigenvalue weighted by atomic mass is 10.0. The number of methoxy groups -OCH3 is 1. The number of carbonyl (C=O) groups excluding carboxylic acids is 1. The lowest BCUT2D eigenvalue weighted by molar-refractivity contribution is -0.387. The van der Waals surface area contributed by atoms with Crippen LogP contribution < -0.4 is 10.1 Å². The number of fused-ring (bicyclic) bond motifs is 1. The summed E-state index contributed by atoms with van der Waals surface area (Å²) in [7, 11) is -2.83. The van der Waals surface area contributed by atoms with E-state index in [4.69, 9.17) is 9.15 Å². The molecule has 46 heavy (non-hydrogen) atoms. The van der Waals surface area contributed by atoms with E-state index in [-0.39, 0.29) is 29.0 Å². The van der Waals surface area contributed by atoms with Crippen molar-refractivity contribution < 1.29 is 27.3 Å². The number of ether oxygens (including phenoxy) is 1. The number of aromatic nitrogens is 2. The third-order valence-corrected chi connectivity index (χ3v) is 10.3. The second-order valence-electron chi connectivity index (χ2n) is 11.6. The Morgan fingerprint density at radius 3 is 2.65 bits per heavy atom. The molecule has 1 aliphatic rings. The summed E-state index contributed by atoms with van der Waals surface area (Å²) in [6.45, 7) is 5.11. The fraction of sp³-hybridized carbons (Fsp3) is 0.424. The van der Waals surface area contributed by atoms with Crippen LogP contribution in [0.5, 0.6) is 5.75 Å². The quantitative estimate of drug-likeness (QED) is 0.0867. The molecule has 0 spiro atoms. The van der Waals surface area contributed by atoms with Crippen LogP contribution in [0.2, 0.25) is 0 Å². The van der Waals surface area contributed by atoms with Gasteiger partial charge in [0.2, 0.25) is 5.89 Å². The van der Waals surface area contributed by atoms with Gasteiger partial charge >= 0.3 is 0 Å².